The number of nitrogens with zero attached hydrogens (tertiary/aromatic N) is 2. The van der Waals surface area contributed by atoms with Crippen LogP contribution in [-0.4, -0.2) is 41.6 Å². The van der Waals surface area contributed by atoms with Gasteiger partial charge in [0.25, 0.3) is 0 Å². The fourth-order valence-corrected chi connectivity index (χ4v) is 4.19. The Bertz CT molecular complexity index is 1250. The minimum atomic E-state index is -4.82. The number of nitrogens with one attached hydrogen (secondary N) is 1. The van der Waals surface area contributed by atoms with E-state index in [0.29, 0.717) is 0 Å². The van der Waals surface area contributed by atoms with Gasteiger partial charge in [-0.05, 0) is 38.0 Å². The molecule has 0 radical (unpaired) electrons. The first-order valence-corrected chi connectivity index (χ1v) is 11.3. The molecule has 0 unspecified atom stereocenters. The van der Waals surface area contributed by atoms with Crippen LogP contribution in [0.25, 0.3) is 23.4 Å². The van der Waals surface area contributed by atoms with Gasteiger partial charge >= 0.3 is 12.1 Å². The quantitative estimate of drug-likeness (QED) is 0.389. The number of pyridine rings is 2. The van der Waals surface area contributed by atoms with Gasteiger partial charge in [-0.2, -0.15) is 13.2 Å². The normalized spacial score (nSPS) is 15.8. The third-order valence-electron chi connectivity index (χ3n) is 5.91. The fraction of sp³-hybridized carbons (Fsp3) is 0.400. The molecule has 3 rings (SSSR count). The smallest absolute Gasteiger partial charge is 0.433 e. The van der Waals surface area contributed by atoms with E-state index in [1.165, 1.54) is 30.9 Å². The first-order valence-electron chi connectivity index (χ1n) is 11.3. The van der Waals surface area contributed by atoms with Gasteiger partial charge in [-0.1, -0.05) is 19.2 Å². The molecule has 0 aliphatic carbocycles. The molecule has 1 fully saturated rings. The summed E-state index contributed by atoms with van der Waals surface area (Å²) in [6, 6.07) is 1.14. The number of anilines is 1. The zero-order valence-corrected chi connectivity index (χ0v) is 19.9. The van der Waals surface area contributed by atoms with Crippen molar-refractivity contribution in [1.29, 1.82) is 0 Å². The van der Waals surface area contributed by atoms with Gasteiger partial charge in [0.05, 0.1) is 12.3 Å². The molecule has 36 heavy (non-hydrogen) atoms. The number of alkyl halides is 5. The number of aromatic amines is 1. The molecule has 1 aliphatic heterocycles. The van der Waals surface area contributed by atoms with Crippen LogP contribution in [0.15, 0.2) is 24.0 Å². The average molecular weight is 511 g/mol. The molecular weight excluding hydrogens is 485 g/mol. The molecule has 0 saturated carbocycles. The lowest BCUT2D eigenvalue weighted by atomic mass is 9.99. The summed E-state index contributed by atoms with van der Waals surface area (Å²) in [7, 11) is 0. The number of carbonyl (C=O) groups is 1. The fourth-order valence-electron chi connectivity index (χ4n) is 4.19. The van der Waals surface area contributed by atoms with Gasteiger partial charge in [0.15, 0.2) is 0 Å². The monoisotopic (exact) mass is 511 g/mol. The lowest BCUT2D eigenvalue weighted by Crippen LogP contribution is -2.29. The summed E-state index contributed by atoms with van der Waals surface area (Å²) in [5, 5.41) is 0. The number of esters is 1. The highest BCUT2D eigenvalue weighted by molar-refractivity contribution is 5.99. The van der Waals surface area contributed by atoms with Gasteiger partial charge in [-0.25, -0.2) is 18.6 Å². The van der Waals surface area contributed by atoms with E-state index in [9.17, 15) is 31.5 Å². The molecule has 2 aromatic rings. The minimum Gasteiger partial charge on any atom is -0.462 e. The van der Waals surface area contributed by atoms with E-state index in [0.717, 1.165) is 6.07 Å². The Balaban J connectivity index is 2.40. The summed E-state index contributed by atoms with van der Waals surface area (Å²) in [5.74, 6) is -4.25. The predicted octanol–water partition coefficient (Wildman–Crippen LogP) is 5.85. The molecule has 2 aromatic heterocycles. The second-order valence-corrected chi connectivity index (χ2v) is 8.38. The average Bonchev–Trinajstić information content (AvgIpc) is 2.97. The van der Waals surface area contributed by atoms with Crippen molar-refractivity contribution in [2.75, 3.05) is 24.6 Å². The van der Waals surface area contributed by atoms with Crippen molar-refractivity contribution in [2.24, 2.45) is 0 Å². The van der Waals surface area contributed by atoms with Crippen LogP contribution < -0.4 is 10.3 Å². The highest BCUT2D eigenvalue weighted by Crippen LogP contribution is 2.39. The standard InChI is InChI=1S/C25H26F5N3O3/c1-5-15-17(6-2)31-19(18(20(15)34)23(35)36-7-3)16-13-14(4)21(25(28,29)30)32-22(16)33-11-8-9-24(26,27)10-12-33/h5-6,13H,1-2,7-12H2,3-4H3,(H,31,34). The maximum absolute atomic E-state index is 14.0. The van der Waals surface area contributed by atoms with Crippen LogP contribution in [0.1, 0.15) is 59.1 Å². The van der Waals surface area contributed by atoms with E-state index in [4.69, 9.17) is 4.74 Å². The molecule has 1 saturated heterocycles. The van der Waals surface area contributed by atoms with Crippen LogP contribution in [0.3, 0.4) is 0 Å². The molecule has 1 aliphatic rings. The Labute approximate surface area is 204 Å². The molecule has 3 heterocycles. The van der Waals surface area contributed by atoms with Crippen molar-refractivity contribution < 1.29 is 31.5 Å². The van der Waals surface area contributed by atoms with Crippen LogP contribution in [0.2, 0.25) is 0 Å². The third-order valence-corrected chi connectivity index (χ3v) is 5.91. The zero-order valence-electron chi connectivity index (χ0n) is 19.9. The molecule has 0 aromatic carbocycles. The van der Waals surface area contributed by atoms with E-state index < -0.39 is 47.6 Å². The van der Waals surface area contributed by atoms with E-state index in [-0.39, 0.29) is 60.0 Å². The molecule has 194 valence electrons. The van der Waals surface area contributed by atoms with Crippen molar-refractivity contribution >= 4 is 23.9 Å². The predicted molar refractivity (Wildman–Crippen MR) is 127 cm³/mol. The largest absolute Gasteiger partial charge is 0.462 e. The van der Waals surface area contributed by atoms with Crippen LogP contribution in [0.5, 0.6) is 0 Å². The number of aromatic nitrogens is 2. The molecule has 1 N–H and O–H groups in total. The van der Waals surface area contributed by atoms with Crippen LogP contribution in [0, 0.1) is 6.92 Å². The summed E-state index contributed by atoms with van der Waals surface area (Å²) < 4.78 is 74.4. The Morgan fingerprint density at radius 2 is 1.94 bits per heavy atom. The van der Waals surface area contributed by atoms with E-state index in [1.807, 2.05) is 0 Å². The van der Waals surface area contributed by atoms with Crippen molar-refractivity contribution in [1.82, 2.24) is 9.97 Å². The Hall–Kier alpha value is -3.50. The summed E-state index contributed by atoms with van der Waals surface area (Å²) in [6.07, 6.45) is -3.29. The Morgan fingerprint density at radius 3 is 2.53 bits per heavy atom. The number of hydrogen-bond acceptors (Lipinski definition) is 5. The van der Waals surface area contributed by atoms with Gasteiger partial charge in [0.1, 0.15) is 17.1 Å². The molecule has 11 heteroatoms. The summed E-state index contributed by atoms with van der Waals surface area (Å²) in [4.78, 5) is 34.2. The van der Waals surface area contributed by atoms with Gasteiger partial charge in [0, 0.05) is 42.8 Å². The highest BCUT2D eigenvalue weighted by Gasteiger charge is 2.38. The van der Waals surface area contributed by atoms with Crippen molar-refractivity contribution in [2.45, 2.75) is 45.2 Å². The zero-order chi connectivity index (χ0) is 26.8. The molecule has 0 atom stereocenters. The molecule has 0 spiro atoms. The maximum Gasteiger partial charge on any atom is 0.433 e. The lowest BCUT2D eigenvalue weighted by molar-refractivity contribution is -0.141. The number of carbonyl (C=O) groups excluding carboxylic acids is 1. The number of halogens is 5. The maximum atomic E-state index is 14.0. The molecule has 0 bridgehead atoms. The number of ether oxygens (including phenoxy) is 1. The topological polar surface area (TPSA) is 75.3 Å². The van der Waals surface area contributed by atoms with Crippen LogP contribution in [-0.2, 0) is 10.9 Å². The summed E-state index contributed by atoms with van der Waals surface area (Å²) in [5.41, 5.74) is -2.67. The highest BCUT2D eigenvalue weighted by atomic mass is 19.4. The van der Waals surface area contributed by atoms with Gasteiger partial charge < -0.3 is 14.6 Å². The molecular formula is C25H26F5N3O3. The SMILES string of the molecule is C=Cc1[nH]c(-c2cc(C)c(C(F)(F)F)nc2N2CCCC(F)(F)CC2)c(C(=O)OCC)c(=O)c1C=C. The molecule has 6 nitrogen and oxygen atoms in total. The van der Waals surface area contributed by atoms with Gasteiger partial charge in [0.2, 0.25) is 11.4 Å². The Kier molecular flexibility index (Phi) is 7.70. The van der Waals surface area contributed by atoms with E-state index in [2.05, 4.69) is 23.1 Å². The first kappa shape index (κ1) is 27.1. The third kappa shape index (κ3) is 5.34. The van der Waals surface area contributed by atoms with Crippen molar-refractivity contribution in [3.05, 3.63) is 57.5 Å². The van der Waals surface area contributed by atoms with Crippen molar-refractivity contribution in [3.63, 3.8) is 0 Å². The second kappa shape index (κ2) is 10.2. The lowest BCUT2D eigenvalue weighted by Gasteiger charge is -2.27. The number of rotatable bonds is 6. The first-order chi connectivity index (χ1) is 16.8. The van der Waals surface area contributed by atoms with Gasteiger partial charge in [-0.15, -0.1) is 0 Å². The molecule has 0 amide bonds. The number of aryl methyl sites for hydroxylation is 1. The van der Waals surface area contributed by atoms with E-state index >= 15 is 0 Å². The Morgan fingerprint density at radius 1 is 1.25 bits per heavy atom. The summed E-state index contributed by atoms with van der Waals surface area (Å²) in [6.45, 7) is 9.61. The second-order valence-electron chi connectivity index (χ2n) is 8.38. The number of H-pyrrole nitrogens is 1. The van der Waals surface area contributed by atoms with Crippen LogP contribution in [0.4, 0.5) is 27.8 Å². The number of hydrogen-bond donors (Lipinski definition) is 1. The van der Waals surface area contributed by atoms with Gasteiger partial charge in [-0.3, -0.25) is 4.79 Å². The van der Waals surface area contributed by atoms with Crippen LogP contribution >= 0.6 is 0 Å². The van der Waals surface area contributed by atoms with E-state index in [1.54, 1.807) is 0 Å². The summed E-state index contributed by atoms with van der Waals surface area (Å²) >= 11 is 0. The van der Waals surface area contributed by atoms with Crippen molar-refractivity contribution in [3.8, 4) is 11.3 Å². The minimum absolute atomic E-state index is 0.00791.